The summed E-state index contributed by atoms with van der Waals surface area (Å²) in [6, 6.07) is 8.79. The van der Waals surface area contributed by atoms with E-state index < -0.39 is 0 Å². The minimum Gasteiger partial charge on any atom is -0.352 e. The number of benzene rings is 1. The van der Waals surface area contributed by atoms with E-state index in [9.17, 15) is 4.79 Å². The number of nitrogens with one attached hydrogen (secondary N) is 1. The molecule has 100 valence electrons. The lowest BCUT2D eigenvalue weighted by atomic mass is 10.0. The highest BCUT2D eigenvalue weighted by Gasteiger charge is 2.14. The lowest BCUT2D eigenvalue weighted by Crippen LogP contribution is -2.24. The van der Waals surface area contributed by atoms with Crippen molar-refractivity contribution in [1.82, 2.24) is 5.32 Å². The summed E-state index contributed by atoms with van der Waals surface area (Å²) >= 11 is 0. The second-order valence-electron chi connectivity index (χ2n) is 5.24. The minimum atomic E-state index is -0.0455. The summed E-state index contributed by atoms with van der Waals surface area (Å²) < 4.78 is 0. The maximum Gasteiger partial charge on any atom is 0.251 e. The Balaban J connectivity index is 1.69. The molecule has 0 heterocycles. The first-order chi connectivity index (χ1) is 9.29. The summed E-state index contributed by atoms with van der Waals surface area (Å²) in [5.74, 6) is 0.836. The third kappa shape index (κ3) is 4.10. The Morgan fingerprint density at radius 3 is 2.58 bits per heavy atom. The number of rotatable bonds is 5. The van der Waals surface area contributed by atoms with E-state index in [0.29, 0.717) is 11.1 Å². The minimum absolute atomic E-state index is 0.0455. The van der Waals surface area contributed by atoms with Crippen LogP contribution >= 0.6 is 0 Å². The van der Waals surface area contributed by atoms with E-state index >= 15 is 0 Å². The number of nitriles is 1. The first kappa shape index (κ1) is 13.6. The molecule has 1 aromatic carbocycles. The first-order valence-corrected chi connectivity index (χ1v) is 7.08. The van der Waals surface area contributed by atoms with Crippen LogP contribution in [0.3, 0.4) is 0 Å². The summed E-state index contributed by atoms with van der Waals surface area (Å²) in [6.45, 7) is 0.745. The van der Waals surface area contributed by atoms with Gasteiger partial charge in [0.05, 0.1) is 11.6 Å². The smallest absolute Gasteiger partial charge is 0.251 e. The van der Waals surface area contributed by atoms with Gasteiger partial charge in [-0.3, -0.25) is 4.79 Å². The Labute approximate surface area is 114 Å². The van der Waals surface area contributed by atoms with Gasteiger partial charge in [-0.2, -0.15) is 5.26 Å². The molecular formula is C16H20N2O. The second kappa shape index (κ2) is 6.94. The number of carbonyl (C=O) groups is 1. The molecule has 19 heavy (non-hydrogen) atoms. The van der Waals surface area contributed by atoms with Gasteiger partial charge in [-0.05, 0) is 43.0 Å². The van der Waals surface area contributed by atoms with E-state index in [4.69, 9.17) is 5.26 Å². The molecule has 1 aliphatic rings. The fourth-order valence-corrected chi connectivity index (χ4v) is 2.69. The molecule has 1 amide bonds. The Morgan fingerprint density at radius 2 is 1.95 bits per heavy atom. The molecule has 0 spiro atoms. The van der Waals surface area contributed by atoms with Crippen LogP contribution in [-0.2, 0) is 0 Å². The average molecular weight is 256 g/mol. The lowest BCUT2D eigenvalue weighted by Gasteiger charge is -2.09. The topological polar surface area (TPSA) is 52.9 Å². The van der Waals surface area contributed by atoms with E-state index in [2.05, 4.69) is 5.32 Å². The van der Waals surface area contributed by atoms with Crippen LogP contribution in [0.25, 0.3) is 0 Å². The molecule has 1 fully saturated rings. The predicted octanol–water partition coefficient (Wildman–Crippen LogP) is 3.26. The van der Waals surface area contributed by atoms with Gasteiger partial charge in [0.1, 0.15) is 0 Å². The molecule has 0 atom stereocenters. The third-order valence-electron chi connectivity index (χ3n) is 3.83. The summed E-state index contributed by atoms with van der Waals surface area (Å²) in [5.41, 5.74) is 1.21. The molecule has 0 unspecified atom stereocenters. The van der Waals surface area contributed by atoms with Crippen LogP contribution in [0.5, 0.6) is 0 Å². The first-order valence-electron chi connectivity index (χ1n) is 7.08. The van der Waals surface area contributed by atoms with Crippen molar-refractivity contribution in [3.8, 4) is 6.07 Å². The van der Waals surface area contributed by atoms with Crippen molar-refractivity contribution in [3.05, 3.63) is 35.4 Å². The Hall–Kier alpha value is -1.82. The molecule has 0 saturated heterocycles. The van der Waals surface area contributed by atoms with Crippen LogP contribution in [0.4, 0.5) is 0 Å². The molecular weight excluding hydrogens is 236 g/mol. The zero-order chi connectivity index (χ0) is 13.5. The SMILES string of the molecule is N#Cc1ccc(C(=O)NCCCC2CCCC2)cc1. The van der Waals surface area contributed by atoms with E-state index in [1.54, 1.807) is 24.3 Å². The molecule has 1 aliphatic carbocycles. The van der Waals surface area contributed by atoms with E-state index in [-0.39, 0.29) is 5.91 Å². The van der Waals surface area contributed by atoms with Crippen LogP contribution in [0.1, 0.15) is 54.4 Å². The Kier molecular flexibility index (Phi) is 4.97. The molecule has 0 aliphatic heterocycles. The molecule has 0 bridgehead atoms. The number of hydrogen-bond acceptors (Lipinski definition) is 2. The lowest BCUT2D eigenvalue weighted by molar-refractivity contribution is 0.0952. The zero-order valence-electron chi connectivity index (χ0n) is 11.2. The van der Waals surface area contributed by atoms with Crippen LogP contribution < -0.4 is 5.32 Å². The summed E-state index contributed by atoms with van der Waals surface area (Å²) in [4.78, 5) is 11.8. The van der Waals surface area contributed by atoms with Crippen LogP contribution in [0, 0.1) is 17.2 Å². The summed E-state index contributed by atoms with van der Waals surface area (Å²) in [7, 11) is 0. The third-order valence-corrected chi connectivity index (χ3v) is 3.83. The van der Waals surface area contributed by atoms with Crippen LogP contribution in [0.2, 0.25) is 0 Å². The Bertz CT molecular complexity index is 453. The van der Waals surface area contributed by atoms with Crippen LogP contribution in [0.15, 0.2) is 24.3 Å². The normalized spacial score (nSPS) is 15.1. The summed E-state index contributed by atoms with van der Waals surface area (Å²) in [5, 5.41) is 11.6. The van der Waals surface area contributed by atoms with Gasteiger partial charge < -0.3 is 5.32 Å². The fraction of sp³-hybridized carbons (Fsp3) is 0.500. The molecule has 1 saturated carbocycles. The van der Waals surface area contributed by atoms with E-state index in [1.807, 2.05) is 6.07 Å². The van der Waals surface area contributed by atoms with Gasteiger partial charge in [-0.15, -0.1) is 0 Å². The summed E-state index contributed by atoms with van der Waals surface area (Å²) in [6.07, 6.45) is 7.78. The average Bonchev–Trinajstić information content (AvgIpc) is 2.96. The molecule has 0 radical (unpaired) electrons. The highest BCUT2D eigenvalue weighted by molar-refractivity contribution is 5.94. The van der Waals surface area contributed by atoms with Gasteiger partial charge >= 0.3 is 0 Å². The van der Waals surface area contributed by atoms with Gasteiger partial charge in [0.15, 0.2) is 0 Å². The van der Waals surface area contributed by atoms with Gasteiger partial charge in [-0.1, -0.05) is 25.7 Å². The Morgan fingerprint density at radius 1 is 1.26 bits per heavy atom. The number of amides is 1. The molecule has 0 aromatic heterocycles. The maximum atomic E-state index is 11.8. The van der Waals surface area contributed by atoms with Gasteiger partial charge in [-0.25, -0.2) is 0 Å². The van der Waals surface area contributed by atoms with E-state index in [1.165, 1.54) is 32.1 Å². The predicted molar refractivity (Wildman–Crippen MR) is 74.7 cm³/mol. The van der Waals surface area contributed by atoms with Gasteiger partial charge in [0.2, 0.25) is 0 Å². The number of hydrogen-bond donors (Lipinski definition) is 1. The van der Waals surface area contributed by atoms with Crippen molar-refractivity contribution in [2.75, 3.05) is 6.54 Å². The van der Waals surface area contributed by atoms with Gasteiger partial charge in [0.25, 0.3) is 5.91 Å². The maximum absolute atomic E-state index is 11.8. The largest absolute Gasteiger partial charge is 0.352 e. The van der Waals surface area contributed by atoms with Crippen LogP contribution in [-0.4, -0.2) is 12.5 Å². The highest BCUT2D eigenvalue weighted by Crippen LogP contribution is 2.28. The van der Waals surface area contributed by atoms with Crippen molar-refractivity contribution in [3.63, 3.8) is 0 Å². The molecule has 1 N–H and O–H groups in total. The number of nitrogens with zero attached hydrogens (tertiary/aromatic N) is 1. The standard InChI is InChI=1S/C16H20N2O/c17-12-14-7-9-15(10-8-14)16(19)18-11-3-6-13-4-1-2-5-13/h7-10,13H,1-6,11H2,(H,18,19). The van der Waals surface area contributed by atoms with Crippen molar-refractivity contribution >= 4 is 5.91 Å². The van der Waals surface area contributed by atoms with E-state index in [0.717, 1.165) is 18.9 Å². The fourth-order valence-electron chi connectivity index (χ4n) is 2.69. The molecule has 3 heteroatoms. The van der Waals surface area contributed by atoms with Crippen molar-refractivity contribution in [2.45, 2.75) is 38.5 Å². The number of carbonyl (C=O) groups excluding carboxylic acids is 1. The monoisotopic (exact) mass is 256 g/mol. The molecule has 1 aromatic rings. The second-order valence-corrected chi connectivity index (χ2v) is 5.24. The quantitative estimate of drug-likeness (QED) is 0.822. The molecule has 2 rings (SSSR count). The van der Waals surface area contributed by atoms with Crippen molar-refractivity contribution < 1.29 is 4.79 Å². The highest BCUT2D eigenvalue weighted by atomic mass is 16.1. The molecule has 3 nitrogen and oxygen atoms in total. The zero-order valence-corrected chi connectivity index (χ0v) is 11.2. The van der Waals surface area contributed by atoms with Gasteiger partial charge in [0, 0.05) is 12.1 Å². The van der Waals surface area contributed by atoms with Crippen molar-refractivity contribution in [2.24, 2.45) is 5.92 Å². The van der Waals surface area contributed by atoms with Crippen molar-refractivity contribution in [1.29, 1.82) is 5.26 Å².